The zero-order valence-electron chi connectivity index (χ0n) is 8.59. The van der Waals surface area contributed by atoms with Crippen LogP contribution in [0.5, 0.6) is 0 Å². The molecule has 0 spiro atoms. The Morgan fingerprint density at radius 2 is 2.27 bits per heavy atom. The van der Waals surface area contributed by atoms with E-state index in [0.29, 0.717) is 13.0 Å². The van der Waals surface area contributed by atoms with Crippen LogP contribution >= 0.6 is 12.2 Å². The third kappa shape index (κ3) is 3.37. The number of piperidine rings is 1. The van der Waals surface area contributed by atoms with Gasteiger partial charge in [-0.15, -0.1) is 0 Å². The van der Waals surface area contributed by atoms with E-state index in [0.717, 1.165) is 0 Å². The number of aliphatic hydroxyl groups is 1. The summed E-state index contributed by atoms with van der Waals surface area (Å²) in [5.41, 5.74) is 5.21. The summed E-state index contributed by atoms with van der Waals surface area (Å²) in [5.74, 6) is -0.176. The van der Waals surface area contributed by atoms with Crippen LogP contribution in [0, 0.1) is 5.92 Å². The topological polar surface area (TPSA) is 83.6 Å². The lowest BCUT2D eigenvalue weighted by molar-refractivity contribution is 0.0607. The van der Waals surface area contributed by atoms with Gasteiger partial charge in [0.1, 0.15) is 5.75 Å². The van der Waals surface area contributed by atoms with Gasteiger partial charge in [0.05, 0.1) is 11.1 Å². The van der Waals surface area contributed by atoms with Crippen LogP contribution < -0.4 is 5.73 Å². The maximum absolute atomic E-state index is 11.7. The standard InChI is InChI=1S/C8H16N2O3S2/c1-6-2-3-10(4-7(6)11)15(12,13)5-8(9)14/h6-7,11H,2-5H2,1H3,(H2,9,14). The van der Waals surface area contributed by atoms with Gasteiger partial charge in [0, 0.05) is 13.1 Å². The molecule has 0 aromatic heterocycles. The molecule has 0 radical (unpaired) electrons. The Labute approximate surface area is 95.3 Å². The Balaban J connectivity index is 2.69. The minimum absolute atomic E-state index is 0.0388. The van der Waals surface area contributed by atoms with E-state index in [1.165, 1.54) is 4.31 Å². The SMILES string of the molecule is CC1CCN(S(=O)(=O)CC(N)=S)CC1O. The summed E-state index contributed by atoms with van der Waals surface area (Å²) < 4.78 is 24.7. The third-order valence-electron chi connectivity index (χ3n) is 2.60. The maximum Gasteiger partial charge on any atom is 0.220 e. The maximum atomic E-state index is 11.7. The lowest BCUT2D eigenvalue weighted by atomic mass is 9.98. The van der Waals surface area contributed by atoms with Crippen molar-refractivity contribution in [2.75, 3.05) is 18.8 Å². The van der Waals surface area contributed by atoms with Crippen LogP contribution in [0.2, 0.25) is 0 Å². The van der Waals surface area contributed by atoms with Gasteiger partial charge < -0.3 is 10.8 Å². The minimum Gasteiger partial charge on any atom is -0.392 e. The predicted molar refractivity (Wildman–Crippen MR) is 61.9 cm³/mol. The number of rotatable bonds is 3. The molecule has 0 aromatic carbocycles. The number of sulfonamides is 1. The van der Waals surface area contributed by atoms with Gasteiger partial charge in [-0.05, 0) is 12.3 Å². The van der Waals surface area contributed by atoms with E-state index in [4.69, 9.17) is 5.73 Å². The highest BCUT2D eigenvalue weighted by molar-refractivity contribution is 7.92. The summed E-state index contributed by atoms with van der Waals surface area (Å²) in [6.45, 7) is 2.48. The molecule has 1 fully saturated rings. The summed E-state index contributed by atoms with van der Waals surface area (Å²) in [5, 5.41) is 9.58. The van der Waals surface area contributed by atoms with Crippen molar-refractivity contribution in [2.24, 2.45) is 11.7 Å². The molecule has 0 bridgehead atoms. The molecule has 0 aromatic rings. The van der Waals surface area contributed by atoms with Crippen molar-refractivity contribution in [3.8, 4) is 0 Å². The van der Waals surface area contributed by atoms with E-state index in [2.05, 4.69) is 12.2 Å². The predicted octanol–water partition coefficient (Wildman–Crippen LogP) is -0.695. The van der Waals surface area contributed by atoms with Crippen LogP contribution in [0.4, 0.5) is 0 Å². The fourth-order valence-corrected chi connectivity index (χ4v) is 3.30. The number of hydrogen-bond donors (Lipinski definition) is 2. The molecule has 1 saturated heterocycles. The molecule has 0 amide bonds. The number of nitrogens with zero attached hydrogens (tertiary/aromatic N) is 1. The van der Waals surface area contributed by atoms with Crippen molar-refractivity contribution in [3.05, 3.63) is 0 Å². The molecule has 2 unspecified atom stereocenters. The summed E-state index contributed by atoms with van der Waals surface area (Å²) in [4.78, 5) is -0.0388. The van der Waals surface area contributed by atoms with E-state index < -0.39 is 16.1 Å². The van der Waals surface area contributed by atoms with E-state index in [1.54, 1.807) is 0 Å². The summed E-state index contributed by atoms with van der Waals surface area (Å²) in [7, 11) is -3.43. The van der Waals surface area contributed by atoms with Gasteiger partial charge in [-0.25, -0.2) is 8.42 Å². The first-order valence-electron chi connectivity index (χ1n) is 4.77. The zero-order chi connectivity index (χ0) is 11.6. The molecule has 1 rings (SSSR count). The molecule has 1 heterocycles. The summed E-state index contributed by atoms with van der Waals surface area (Å²) in [6, 6.07) is 0. The Morgan fingerprint density at radius 1 is 1.67 bits per heavy atom. The molecule has 2 atom stereocenters. The van der Waals surface area contributed by atoms with Gasteiger partial charge in [-0.2, -0.15) is 4.31 Å². The van der Waals surface area contributed by atoms with Crippen LogP contribution in [-0.4, -0.2) is 47.8 Å². The normalized spacial score (nSPS) is 28.9. The van der Waals surface area contributed by atoms with E-state index in [1.807, 2.05) is 6.92 Å². The number of aliphatic hydroxyl groups excluding tert-OH is 1. The highest BCUT2D eigenvalue weighted by Crippen LogP contribution is 2.19. The molecule has 1 aliphatic heterocycles. The van der Waals surface area contributed by atoms with Gasteiger partial charge in [0.2, 0.25) is 10.0 Å². The number of nitrogens with two attached hydrogens (primary N) is 1. The second-order valence-corrected chi connectivity index (χ2v) is 6.41. The molecule has 0 saturated carbocycles. The van der Waals surface area contributed by atoms with Gasteiger partial charge in [-0.1, -0.05) is 19.1 Å². The quantitative estimate of drug-likeness (QED) is 0.649. The summed E-state index contributed by atoms with van der Waals surface area (Å²) in [6.07, 6.45) is 0.0671. The van der Waals surface area contributed by atoms with Crippen molar-refractivity contribution < 1.29 is 13.5 Å². The highest BCUT2D eigenvalue weighted by atomic mass is 32.2. The second-order valence-electron chi connectivity index (χ2n) is 3.91. The third-order valence-corrected chi connectivity index (χ3v) is 4.72. The zero-order valence-corrected chi connectivity index (χ0v) is 10.2. The smallest absolute Gasteiger partial charge is 0.220 e. The molecule has 0 aliphatic carbocycles. The molecule has 15 heavy (non-hydrogen) atoms. The number of β-amino-alcohol motifs (C(OH)–C–C–N with tert-alkyl or cyclic N) is 1. The highest BCUT2D eigenvalue weighted by Gasteiger charge is 2.31. The van der Waals surface area contributed by atoms with E-state index in [9.17, 15) is 13.5 Å². The van der Waals surface area contributed by atoms with E-state index in [-0.39, 0.29) is 23.2 Å². The number of thiocarbonyl (C=S) groups is 1. The Kier molecular flexibility index (Phi) is 4.05. The van der Waals surface area contributed by atoms with Crippen LogP contribution in [0.25, 0.3) is 0 Å². The van der Waals surface area contributed by atoms with Crippen molar-refractivity contribution in [1.29, 1.82) is 0 Å². The van der Waals surface area contributed by atoms with Crippen molar-refractivity contribution in [2.45, 2.75) is 19.4 Å². The van der Waals surface area contributed by atoms with Crippen LogP contribution in [0.1, 0.15) is 13.3 Å². The fraction of sp³-hybridized carbons (Fsp3) is 0.875. The largest absolute Gasteiger partial charge is 0.392 e. The first kappa shape index (κ1) is 12.8. The molecular formula is C8H16N2O3S2. The van der Waals surface area contributed by atoms with Crippen molar-refractivity contribution in [3.63, 3.8) is 0 Å². The van der Waals surface area contributed by atoms with E-state index >= 15 is 0 Å². The van der Waals surface area contributed by atoms with Gasteiger partial charge in [0.25, 0.3) is 0 Å². The Bertz CT molecular complexity index is 342. The molecule has 7 heteroatoms. The average Bonchev–Trinajstić information content (AvgIpc) is 2.07. The Hall–Kier alpha value is -0.240. The first-order chi connectivity index (χ1) is 6.83. The molecule has 1 aliphatic rings. The van der Waals surface area contributed by atoms with Crippen LogP contribution in [-0.2, 0) is 10.0 Å². The van der Waals surface area contributed by atoms with Crippen molar-refractivity contribution >= 4 is 27.2 Å². The van der Waals surface area contributed by atoms with Crippen molar-refractivity contribution in [1.82, 2.24) is 4.31 Å². The monoisotopic (exact) mass is 252 g/mol. The van der Waals surface area contributed by atoms with Gasteiger partial charge >= 0.3 is 0 Å². The second kappa shape index (κ2) is 4.73. The Morgan fingerprint density at radius 3 is 2.73 bits per heavy atom. The fourth-order valence-electron chi connectivity index (χ4n) is 1.54. The van der Waals surface area contributed by atoms with Gasteiger partial charge in [-0.3, -0.25) is 0 Å². The average molecular weight is 252 g/mol. The molecule has 3 N–H and O–H groups in total. The minimum atomic E-state index is -3.43. The summed E-state index contributed by atoms with van der Waals surface area (Å²) >= 11 is 4.58. The molecular weight excluding hydrogens is 236 g/mol. The molecule has 88 valence electrons. The first-order valence-corrected chi connectivity index (χ1v) is 6.79. The number of hydrogen-bond acceptors (Lipinski definition) is 4. The lowest BCUT2D eigenvalue weighted by Gasteiger charge is -2.33. The lowest BCUT2D eigenvalue weighted by Crippen LogP contribution is -2.47. The van der Waals surface area contributed by atoms with Crippen LogP contribution in [0.3, 0.4) is 0 Å². The van der Waals surface area contributed by atoms with Crippen LogP contribution in [0.15, 0.2) is 0 Å². The van der Waals surface area contributed by atoms with Gasteiger partial charge in [0.15, 0.2) is 0 Å². The molecule has 5 nitrogen and oxygen atoms in total.